The monoisotopic (exact) mass is 491 g/mol. The van der Waals surface area contributed by atoms with E-state index in [-0.39, 0.29) is 17.8 Å². The maximum Gasteiger partial charge on any atom is 0.270 e. The lowest BCUT2D eigenvalue weighted by molar-refractivity contribution is 0.0174. The number of methoxy groups -OCH3 is 2. The van der Waals surface area contributed by atoms with Crippen LogP contribution in [0.4, 0.5) is 20.2 Å². The number of hydrogen-bond donors (Lipinski definition) is 0. The highest BCUT2D eigenvalue weighted by Gasteiger charge is 2.31. The summed E-state index contributed by atoms with van der Waals surface area (Å²) in [6, 6.07) is 13.2. The van der Waals surface area contributed by atoms with Gasteiger partial charge in [-0.1, -0.05) is 30.0 Å². The van der Waals surface area contributed by atoms with Crippen LogP contribution in [0.15, 0.2) is 52.3 Å². The summed E-state index contributed by atoms with van der Waals surface area (Å²) in [6.45, 7) is 9.36. The van der Waals surface area contributed by atoms with Gasteiger partial charge in [-0.15, -0.1) is 0 Å². The van der Waals surface area contributed by atoms with Crippen LogP contribution in [0.25, 0.3) is 0 Å². The number of hydrogen-bond acceptors (Lipinski definition) is 6. The Hall–Kier alpha value is -1.71. The molecule has 0 radical (unpaired) electrons. The van der Waals surface area contributed by atoms with E-state index in [4.69, 9.17) is 9.47 Å². The highest BCUT2D eigenvalue weighted by Crippen LogP contribution is 2.49. The van der Waals surface area contributed by atoms with Crippen molar-refractivity contribution >= 4 is 23.1 Å². The first-order valence-electron chi connectivity index (χ1n) is 11.9. The Bertz CT molecular complexity index is 963. The van der Waals surface area contributed by atoms with Crippen LogP contribution in [0.2, 0.25) is 0 Å². The van der Waals surface area contributed by atoms with Gasteiger partial charge < -0.3 is 14.4 Å². The third kappa shape index (κ3) is 5.91. The maximum atomic E-state index is 14.2. The third-order valence-corrected chi connectivity index (χ3v) is 7.83. The zero-order valence-corrected chi connectivity index (χ0v) is 21.3. The zero-order chi connectivity index (χ0) is 24.3. The Balaban J connectivity index is 1.50. The highest BCUT2D eigenvalue weighted by atomic mass is 32.2. The van der Waals surface area contributed by atoms with Crippen LogP contribution in [-0.2, 0) is 15.4 Å². The molecule has 2 aromatic rings. The van der Waals surface area contributed by atoms with Gasteiger partial charge in [0.25, 0.3) is 5.92 Å². The van der Waals surface area contributed by atoms with Crippen molar-refractivity contribution in [3.63, 3.8) is 0 Å². The van der Waals surface area contributed by atoms with Gasteiger partial charge in [-0.25, -0.2) is 8.78 Å². The van der Waals surface area contributed by atoms with Crippen LogP contribution >= 0.6 is 11.8 Å². The molecule has 4 rings (SSSR count). The molecule has 1 saturated heterocycles. The molecule has 34 heavy (non-hydrogen) atoms. The van der Waals surface area contributed by atoms with Crippen LogP contribution in [0, 0.1) is 0 Å². The lowest BCUT2D eigenvalue weighted by Gasteiger charge is -2.39. The number of alkyl halides is 2. The molecule has 2 aliphatic heterocycles. The summed E-state index contributed by atoms with van der Waals surface area (Å²) in [6.07, 6.45) is 0.176. The molecule has 0 bridgehead atoms. The number of fused-ring (bicyclic) bond motifs is 2. The largest absolute Gasteiger partial charge is 0.380 e. The Morgan fingerprint density at radius 1 is 0.882 bits per heavy atom. The van der Waals surface area contributed by atoms with Gasteiger partial charge in [0, 0.05) is 75.8 Å². The normalized spacial score (nSPS) is 18.9. The van der Waals surface area contributed by atoms with E-state index >= 15 is 0 Å². The van der Waals surface area contributed by atoms with E-state index in [9.17, 15) is 8.78 Å². The molecule has 0 aliphatic carbocycles. The molecule has 2 atom stereocenters. The lowest BCUT2D eigenvalue weighted by Crippen LogP contribution is -2.51. The molecule has 0 saturated carbocycles. The second-order valence-corrected chi connectivity index (χ2v) is 10.3. The number of anilines is 2. The number of halogens is 2. The van der Waals surface area contributed by atoms with E-state index in [2.05, 4.69) is 33.8 Å². The summed E-state index contributed by atoms with van der Waals surface area (Å²) in [5, 5.41) is 0. The van der Waals surface area contributed by atoms with E-state index in [1.807, 2.05) is 18.2 Å². The standard InChI is InChI=1S/C26H35F2N3O2S/c1-19(32-3)16-29-11-13-30(14-12-29)17-21(33-4)18-31-22-7-5-6-8-24(22)34-25-10-9-20(15-23(25)31)26(2,27)28/h5-10,15,19,21H,11-14,16-18H2,1-4H3. The first-order chi connectivity index (χ1) is 16.3. The van der Waals surface area contributed by atoms with Crippen molar-refractivity contribution in [1.82, 2.24) is 9.80 Å². The SMILES string of the molecule is COC(C)CN1CCN(CC(CN2c3ccccc3Sc3ccc(C(C)(F)F)cc32)OC)CC1. The number of rotatable bonds is 9. The Morgan fingerprint density at radius 2 is 1.53 bits per heavy atom. The van der Waals surface area contributed by atoms with Gasteiger partial charge in [0.1, 0.15) is 0 Å². The molecule has 0 N–H and O–H groups in total. The lowest BCUT2D eigenvalue weighted by atomic mass is 10.1. The van der Waals surface area contributed by atoms with Crippen molar-refractivity contribution in [1.29, 1.82) is 0 Å². The van der Waals surface area contributed by atoms with Crippen LogP contribution < -0.4 is 4.90 Å². The van der Waals surface area contributed by atoms with Gasteiger partial charge >= 0.3 is 0 Å². The molecule has 2 heterocycles. The summed E-state index contributed by atoms with van der Waals surface area (Å²) in [7, 11) is 3.49. The predicted octanol–water partition coefficient (Wildman–Crippen LogP) is 5.07. The smallest absolute Gasteiger partial charge is 0.270 e. The van der Waals surface area contributed by atoms with E-state index in [1.165, 1.54) is 6.07 Å². The topological polar surface area (TPSA) is 28.2 Å². The molecule has 5 nitrogen and oxygen atoms in total. The van der Waals surface area contributed by atoms with Crippen LogP contribution in [0.5, 0.6) is 0 Å². The maximum absolute atomic E-state index is 14.2. The van der Waals surface area contributed by atoms with E-state index in [0.29, 0.717) is 6.54 Å². The van der Waals surface area contributed by atoms with Crippen molar-refractivity contribution in [3.05, 3.63) is 48.0 Å². The average Bonchev–Trinajstić information content (AvgIpc) is 2.83. The average molecular weight is 492 g/mol. The van der Waals surface area contributed by atoms with Gasteiger partial charge in [-0.2, -0.15) is 0 Å². The molecule has 0 spiro atoms. The minimum absolute atomic E-state index is 0.0339. The molecule has 2 unspecified atom stereocenters. The first kappa shape index (κ1) is 25.4. The van der Waals surface area contributed by atoms with Crippen molar-refractivity contribution < 1.29 is 18.3 Å². The highest BCUT2D eigenvalue weighted by molar-refractivity contribution is 7.99. The molecule has 186 valence electrons. The van der Waals surface area contributed by atoms with Crippen molar-refractivity contribution in [3.8, 4) is 0 Å². The molecular formula is C26H35F2N3O2S. The summed E-state index contributed by atoms with van der Waals surface area (Å²) in [4.78, 5) is 9.14. The summed E-state index contributed by atoms with van der Waals surface area (Å²) < 4.78 is 39.6. The van der Waals surface area contributed by atoms with Crippen molar-refractivity contribution in [2.24, 2.45) is 0 Å². The van der Waals surface area contributed by atoms with Crippen molar-refractivity contribution in [2.75, 3.05) is 64.9 Å². The van der Waals surface area contributed by atoms with Gasteiger partial charge in [-0.3, -0.25) is 9.80 Å². The molecule has 0 aromatic heterocycles. The Morgan fingerprint density at radius 3 is 2.18 bits per heavy atom. The molecular weight excluding hydrogens is 456 g/mol. The van der Waals surface area contributed by atoms with Crippen LogP contribution in [0.3, 0.4) is 0 Å². The number of nitrogens with zero attached hydrogens (tertiary/aromatic N) is 3. The summed E-state index contributed by atoms with van der Waals surface area (Å²) in [5.74, 6) is -2.89. The van der Waals surface area contributed by atoms with Crippen LogP contribution in [0.1, 0.15) is 19.4 Å². The Kier molecular flexibility index (Phi) is 8.15. The minimum atomic E-state index is -2.89. The Labute approximate surface area is 206 Å². The quantitative estimate of drug-likeness (QED) is 0.487. The molecule has 8 heteroatoms. The van der Waals surface area contributed by atoms with E-state index in [1.54, 1.807) is 32.0 Å². The third-order valence-electron chi connectivity index (χ3n) is 6.70. The second kappa shape index (κ2) is 10.9. The molecule has 2 aliphatic rings. The van der Waals surface area contributed by atoms with Crippen molar-refractivity contribution in [2.45, 2.75) is 41.8 Å². The van der Waals surface area contributed by atoms with Gasteiger partial charge in [0.05, 0.1) is 30.1 Å². The predicted molar refractivity (Wildman–Crippen MR) is 134 cm³/mol. The first-order valence-corrected chi connectivity index (χ1v) is 12.7. The molecule has 1 fully saturated rings. The molecule has 2 aromatic carbocycles. The van der Waals surface area contributed by atoms with Crippen LogP contribution in [-0.4, -0.2) is 82.0 Å². The van der Waals surface area contributed by atoms with Gasteiger partial charge in [-0.05, 0) is 31.2 Å². The number of para-hydroxylation sites is 1. The number of benzene rings is 2. The fraction of sp³-hybridized carbons (Fsp3) is 0.538. The minimum Gasteiger partial charge on any atom is -0.380 e. The fourth-order valence-corrected chi connectivity index (χ4v) is 5.67. The van der Waals surface area contributed by atoms with E-state index in [0.717, 1.165) is 67.4 Å². The summed E-state index contributed by atoms with van der Waals surface area (Å²) >= 11 is 1.63. The number of piperazine rings is 1. The van der Waals surface area contributed by atoms with Gasteiger partial charge in [0.2, 0.25) is 0 Å². The zero-order valence-electron chi connectivity index (χ0n) is 20.5. The van der Waals surface area contributed by atoms with E-state index < -0.39 is 5.92 Å². The number of ether oxygens (including phenoxy) is 2. The fourth-order valence-electron chi connectivity index (χ4n) is 4.59. The second-order valence-electron chi connectivity index (χ2n) is 9.26. The summed E-state index contributed by atoms with van der Waals surface area (Å²) in [5.41, 5.74) is 1.90. The van der Waals surface area contributed by atoms with Gasteiger partial charge in [0.15, 0.2) is 0 Å². The molecule has 0 amide bonds.